The minimum absolute atomic E-state index is 0.423. The fourth-order valence-electron chi connectivity index (χ4n) is 3.27. The van der Waals surface area contributed by atoms with E-state index in [1.54, 1.807) is 0 Å². The van der Waals surface area contributed by atoms with E-state index in [2.05, 4.69) is 36.1 Å². The standard InChI is InChI=1S/C16H23NO/c1-13-5-7-15(8-6-13)18-16-9-11-17-10-3-2-4-14(17)12-16/h5-8,14,16H,2-4,9-12H2,1H3. The lowest BCUT2D eigenvalue weighted by molar-refractivity contribution is 0.0356. The number of nitrogens with zero attached hydrogens (tertiary/aromatic N) is 1. The molecule has 2 aliphatic heterocycles. The van der Waals surface area contributed by atoms with Crippen LogP contribution < -0.4 is 4.74 Å². The third-order valence-electron chi connectivity index (χ3n) is 4.35. The van der Waals surface area contributed by atoms with Crippen molar-refractivity contribution in [1.29, 1.82) is 0 Å². The molecule has 3 rings (SSSR count). The molecular weight excluding hydrogens is 222 g/mol. The number of hydrogen-bond donors (Lipinski definition) is 0. The summed E-state index contributed by atoms with van der Waals surface area (Å²) in [6.45, 7) is 4.65. The van der Waals surface area contributed by atoms with Gasteiger partial charge in [0, 0.05) is 12.6 Å². The van der Waals surface area contributed by atoms with Crippen molar-refractivity contribution in [2.24, 2.45) is 0 Å². The van der Waals surface area contributed by atoms with Crippen LogP contribution in [0, 0.1) is 6.92 Å². The molecule has 1 aromatic rings. The van der Waals surface area contributed by atoms with E-state index in [1.165, 1.54) is 50.8 Å². The summed E-state index contributed by atoms with van der Waals surface area (Å²) >= 11 is 0. The Morgan fingerprint density at radius 1 is 1.06 bits per heavy atom. The predicted octanol–water partition coefficient (Wildman–Crippen LogP) is 3.39. The van der Waals surface area contributed by atoms with Gasteiger partial charge in [0.15, 0.2) is 0 Å². The molecule has 98 valence electrons. The van der Waals surface area contributed by atoms with Gasteiger partial charge >= 0.3 is 0 Å². The second-order valence-corrected chi connectivity index (χ2v) is 5.76. The summed E-state index contributed by atoms with van der Waals surface area (Å²) in [4.78, 5) is 2.67. The molecule has 1 aromatic carbocycles. The van der Waals surface area contributed by atoms with Crippen molar-refractivity contribution >= 4 is 0 Å². The smallest absolute Gasteiger partial charge is 0.119 e. The maximum Gasteiger partial charge on any atom is 0.119 e. The fraction of sp³-hybridized carbons (Fsp3) is 0.625. The highest BCUT2D eigenvalue weighted by molar-refractivity contribution is 5.26. The van der Waals surface area contributed by atoms with Gasteiger partial charge in [-0.15, -0.1) is 0 Å². The van der Waals surface area contributed by atoms with E-state index in [9.17, 15) is 0 Å². The van der Waals surface area contributed by atoms with Gasteiger partial charge in [-0.2, -0.15) is 0 Å². The third kappa shape index (κ3) is 2.69. The third-order valence-corrected chi connectivity index (χ3v) is 4.35. The molecule has 0 N–H and O–H groups in total. The Labute approximate surface area is 110 Å². The van der Waals surface area contributed by atoms with Crippen LogP contribution in [0.4, 0.5) is 0 Å². The van der Waals surface area contributed by atoms with Gasteiger partial charge < -0.3 is 9.64 Å². The number of aryl methyl sites for hydroxylation is 1. The van der Waals surface area contributed by atoms with Crippen molar-refractivity contribution in [3.8, 4) is 5.75 Å². The Hall–Kier alpha value is -1.02. The molecule has 2 fully saturated rings. The topological polar surface area (TPSA) is 12.5 Å². The SMILES string of the molecule is Cc1ccc(OC2CCN3CCCCC3C2)cc1. The van der Waals surface area contributed by atoms with E-state index in [-0.39, 0.29) is 0 Å². The van der Waals surface area contributed by atoms with Gasteiger partial charge in [0.1, 0.15) is 11.9 Å². The van der Waals surface area contributed by atoms with Crippen LogP contribution >= 0.6 is 0 Å². The zero-order valence-corrected chi connectivity index (χ0v) is 11.3. The van der Waals surface area contributed by atoms with Crippen molar-refractivity contribution in [3.05, 3.63) is 29.8 Å². The average Bonchev–Trinajstić information content (AvgIpc) is 2.41. The number of rotatable bonds is 2. The molecule has 0 amide bonds. The number of benzene rings is 1. The van der Waals surface area contributed by atoms with E-state index in [0.717, 1.165) is 11.8 Å². The molecule has 0 saturated carbocycles. The quantitative estimate of drug-likeness (QED) is 0.792. The highest BCUT2D eigenvalue weighted by atomic mass is 16.5. The highest BCUT2D eigenvalue weighted by Crippen LogP contribution is 2.28. The van der Waals surface area contributed by atoms with Crippen molar-refractivity contribution < 1.29 is 4.74 Å². The van der Waals surface area contributed by atoms with E-state index >= 15 is 0 Å². The first-order valence-corrected chi connectivity index (χ1v) is 7.28. The second kappa shape index (κ2) is 5.31. The van der Waals surface area contributed by atoms with Gasteiger partial charge in [-0.3, -0.25) is 0 Å². The van der Waals surface area contributed by atoms with Crippen molar-refractivity contribution in [2.45, 2.75) is 51.2 Å². The number of piperidine rings is 2. The lowest BCUT2D eigenvalue weighted by Gasteiger charge is -2.42. The first-order chi connectivity index (χ1) is 8.81. The van der Waals surface area contributed by atoms with Gasteiger partial charge in [-0.25, -0.2) is 0 Å². The number of hydrogen-bond acceptors (Lipinski definition) is 2. The summed E-state index contributed by atoms with van der Waals surface area (Å²) in [7, 11) is 0. The van der Waals surface area contributed by atoms with Crippen molar-refractivity contribution in [2.75, 3.05) is 13.1 Å². The van der Waals surface area contributed by atoms with Gasteiger partial charge in [0.2, 0.25) is 0 Å². The first kappa shape index (κ1) is 12.0. The molecule has 2 nitrogen and oxygen atoms in total. The average molecular weight is 245 g/mol. The summed E-state index contributed by atoms with van der Waals surface area (Å²) in [6, 6.07) is 9.24. The minimum atomic E-state index is 0.423. The lowest BCUT2D eigenvalue weighted by atomic mass is 9.91. The molecule has 2 aliphatic rings. The van der Waals surface area contributed by atoms with Crippen LogP contribution in [-0.4, -0.2) is 30.1 Å². The van der Waals surface area contributed by atoms with Crippen LogP contribution in [0.3, 0.4) is 0 Å². The molecule has 0 aromatic heterocycles. The van der Waals surface area contributed by atoms with Gasteiger partial charge in [-0.05, 0) is 51.3 Å². The van der Waals surface area contributed by atoms with E-state index < -0.39 is 0 Å². The van der Waals surface area contributed by atoms with E-state index in [0.29, 0.717) is 6.10 Å². The lowest BCUT2D eigenvalue weighted by Crippen LogP contribution is -2.48. The highest BCUT2D eigenvalue weighted by Gasteiger charge is 2.30. The van der Waals surface area contributed by atoms with Gasteiger partial charge in [-0.1, -0.05) is 24.1 Å². The Balaban J connectivity index is 1.59. The van der Waals surface area contributed by atoms with Gasteiger partial charge in [0.05, 0.1) is 0 Å². The monoisotopic (exact) mass is 245 g/mol. The zero-order chi connectivity index (χ0) is 12.4. The molecule has 0 aliphatic carbocycles. The molecule has 0 bridgehead atoms. The number of ether oxygens (including phenoxy) is 1. The maximum atomic E-state index is 6.13. The number of fused-ring (bicyclic) bond motifs is 1. The summed E-state index contributed by atoms with van der Waals surface area (Å²) in [5.41, 5.74) is 1.30. The van der Waals surface area contributed by atoms with Crippen LogP contribution in [0.15, 0.2) is 24.3 Å². The normalized spacial score (nSPS) is 28.7. The molecule has 2 atom stereocenters. The molecule has 0 radical (unpaired) electrons. The van der Waals surface area contributed by atoms with Crippen molar-refractivity contribution in [3.63, 3.8) is 0 Å². The summed E-state index contributed by atoms with van der Waals surface area (Å²) in [6.07, 6.45) is 6.98. The van der Waals surface area contributed by atoms with Crippen LogP contribution in [0.1, 0.15) is 37.7 Å². The minimum Gasteiger partial charge on any atom is -0.490 e. The summed E-state index contributed by atoms with van der Waals surface area (Å²) in [5, 5.41) is 0. The Morgan fingerprint density at radius 3 is 2.72 bits per heavy atom. The van der Waals surface area contributed by atoms with Crippen LogP contribution in [0.2, 0.25) is 0 Å². The second-order valence-electron chi connectivity index (χ2n) is 5.76. The summed E-state index contributed by atoms with van der Waals surface area (Å²) in [5.74, 6) is 1.04. The largest absolute Gasteiger partial charge is 0.490 e. The van der Waals surface area contributed by atoms with Crippen LogP contribution in [-0.2, 0) is 0 Å². The van der Waals surface area contributed by atoms with E-state index in [1.807, 2.05) is 0 Å². The first-order valence-electron chi connectivity index (χ1n) is 7.28. The molecule has 2 saturated heterocycles. The van der Waals surface area contributed by atoms with Crippen LogP contribution in [0.5, 0.6) is 5.75 Å². The van der Waals surface area contributed by atoms with E-state index in [4.69, 9.17) is 4.74 Å². The Morgan fingerprint density at radius 2 is 1.89 bits per heavy atom. The molecular formula is C16H23NO. The molecule has 2 heteroatoms. The molecule has 0 spiro atoms. The maximum absolute atomic E-state index is 6.13. The Kier molecular flexibility index (Phi) is 3.55. The molecule has 2 heterocycles. The molecule has 2 unspecified atom stereocenters. The fourth-order valence-corrected chi connectivity index (χ4v) is 3.27. The summed E-state index contributed by atoms with van der Waals surface area (Å²) < 4.78 is 6.13. The molecule has 18 heavy (non-hydrogen) atoms. The van der Waals surface area contributed by atoms with Crippen molar-refractivity contribution in [1.82, 2.24) is 4.90 Å². The Bertz CT molecular complexity index is 387. The van der Waals surface area contributed by atoms with Gasteiger partial charge in [0.25, 0.3) is 0 Å². The predicted molar refractivity (Wildman–Crippen MR) is 74.0 cm³/mol. The van der Waals surface area contributed by atoms with Crippen LogP contribution in [0.25, 0.3) is 0 Å². The zero-order valence-electron chi connectivity index (χ0n) is 11.3.